The van der Waals surface area contributed by atoms with Crippen LogP contribution >= 0.6 is 0 Å². The normalized spacial score (nSPS) is 12.0. The molecule has 3 rings (SSSR count). The van der Waals surface area contributed by atoms with Crippen molar-refractivity contribution in [1.82, 2.24) is 10.9 Å². The van der Waals surface area contributed by atoms with Gasteiger partial charge in [-0.25, -0.2) is 5.43 Å². The van der Waals surface area contributed by atoms with E-state index >= 15 is 0 Å². The van der Waals surface area contributed by atoms with Gasteiger partial charge in [0.2, 0.25) is 0 Å². The van der Waals surface area contributed by atoms with Crippen LogP contribution in [0.3, 0.4) is 0 Å². The smallest absolute Gasteiger partial charge is 0.0938 e. The van der Waals surface area contributed by atoms with E-state index in [-0.39, 0.29) is 6.17 Å². The van der Waals surface area contributed by atoms with Crippen molar-refractivity contribution in [3.8, 4) is 11.1 Å². The van der Waals surface area contributed by atoms with Crippen molar-refractivity contribution in [3.63, 3.8) is 0 Å². The summed E-state index contributed by atoms with van der Waals surface area (Å²) >= 11 is 0. The number of nitrogens with one attached hydrogen (secondary N) is 2. The Morgan fingerprint density at radius 1 is 0.696 bits per heavy atom. The lowest BCUT2D eigenvalue weighted by atomic mass is 10.0. The molecule has 0 aliphatic heterocycles. The molecule has 0 aliphatic carbocycles. The van der Waals surface area contributed by atoms with Crippen LogP contribution in [0.4, 0.5) is 0 Å². The quantitative estimate of drug-likeness (QED) is 0.482. The standard InChI is InChI=1S/C20H21N3/c21-20(19-9-5-2-6-10-19)23-22-15-16-11-13-18(14-12-16)17-7-3-1-4-8-17/h1-14,20,22-23H,15,21H2. The first-order valence-electron chi connectivity index (χ1n) is 7.76. The molecule has 3 aromatic rings. The SMILES string of the molecule is NC(NNCc1ccc(-c2ccccc2)cc1)c1ccccc1. The average molecular weight is 303 g/mol. The van der Waals surface area contributed by atoms with Gasteiger partial charge in [0.25, 0.3) is 0 Å². The molecule has 0 saturated carbocycles. The van der Waals surface area contributed by atoms with Crippen LogP contribution in [0.2, 0.25) is 0 Å². The minimum atomic E-state index is -0.222. The zero-order valence-corrected chi connectivity index (χ0v) is 12.9. The summed E-state index contributed by atoms with van der Waals surface area (Å²) in [6.07, 6.45) is -0.222. The van der Waals surface area contributed by atoms with E-state index in [1.807, 2.05) is 36.4 Å². The second-order valence-electron chi connectivity index (χ2n) is 5.45. The minimum absolute atomic E-state index is 0.222. The summed E-state index contributed by atoms with van der Waals surface area (Å²) in [5.41, 5.74) is 17.1. The van der Waals surface area contributed by atoms with E-state index in [0.29, 0.717) is 0 Å². The Labute approximate surface area is 137 Å². The molecule has 0 amide bonds. The van der Waals surface area contributed by atoms with Crippen LogP contribution in [-0.4, -0.2) is 0 Å². The lowest BCUT2D eigenvalue weighted by Gasteiger charge is -2.15. The van der Waals surface area contributed by atoms with E-state index in [1.54, 1.807) is 0 Å². The highest BCUT2D eigenvalue weighted by Crippen LogP contribution is 2.19. The molecule has 3 heteroatoms. The number of rotatable bonds is 6. The molecule has 3 nitrogen and oxygen atoms in total. The van der Waals surface area contributed by atoms with Crippen LogP contribution in [0.5, 0.6) is 0 Å². The molecule has 0 aliphatic rings. The maximum absolute atomic E-state index is 6.09. The maximum Gasteiger partial charge on any atom is 0.0938 e. The van der Waals surface area contributed by atoms with Crippen LogP contribution in [0.15, 0.2) is 84.9 Å². The number of hydrazine groups is 1. The Bertz CT molecular complexity index is 709. The molecule has 0 heterocycles. The average Bonchev–Trinajstić information content (AvgIpc) is 2.64. The third kappa shape index (κ3) is 4.27. The van der Waals surface area contributed by atoms with Gasteiger partial charge in [-0.15, -0.1) is 0 Å². The summed E-state index contributed by atoms with van der Waals surface area (Å²) in [6.45, 7) is 0.718. The zero-order chi connectivity index (χ0) is 15.9. The fourth-order valence-electron chi connectivity index (χ4n) is 2.45. The first-order valence-corrected chi connectivity index (χ1v) is 7.76. The predicted molar refractivity (Wildman–Crippen MR) is 95.2 cm³/mol. The summed E-state index contributed by atoms with van der Waals surface area (Å²) in [7, 11) is 0. The Kier molecular flexibility index (Phi) is 5.17. The molecular weight excluding hydrogens is 282 g/mol. The molecule has 0 fully saturated rings. The Hall–Kier alpha value is -2.46. The van der Waals surface area contributed by atoms with Crippen molar-refractivity contribution in [2.24, 2.45) is 5.73 Å². The number of hydrogen-bond donors (Lipinski definition) is 3. The minimum Gasteiger partial charge on any atom is -0.311 e. The van der Waals surface area contributed by atoms with Crippen LogP contribution in [-0.2, 0) is 6.54 Å². The third-order valence-corrected chi connectivity index (χ3v) is 3.77. The molecule has 116 valence electrons. The fraction of sp³-hybridized carbons (Fsp3) is 0.100. The van der Waals surface area contributed by atoms with Gasteiger partial charge in [0.1, 0.15) is 0 Å². The molecule has 3 aromatic carbocycles. The van der Waals surface area contributed by atoms with Gasteiger partial charge in [-0.1, -0.05) is 84.9 Å². The number of benzene rings is 3. The van der Waals surface area contributed by atoms with Gasteiger partial charge in [-0.2, -0.15) is 0 Å². The van der Waals surface area contributed by atoms with Crippen molar-refractivity contribution in [2.75, 3.05) is 0 Å². The van der Waals surface area contributed by atoms with Crippen molar-refractivity contribution in [1.29, 1.82) is 0 Å². The second-order valence-corrected chi connectivity index (χ2v) is 5.45. The van der Waals surface area contributed by atoms with Crippen molar-refractivity contribution >= 4 is 0 Å². The topological polar surface area (TPSA) is 50.1 Å². The molecule has 0 bridgehead atoms. The van der Waals surface area contributed by atoms with Gasteiger partial charge in [0.15, 0.2) is 0 Å². The molecule has 23 heavy (non-hydrogen) atoms. The molecule has 0 aromatic heterocycles. The molecule has 0 saturated heterocycles. The van der Waals surface area contributed by atoms with E-state index in [0.717, 1.165) is 12.1 Å². The van der Waals surface area contributed by atoms with Gasteiger partial charge < -0.3 is 5.73 Å². The van der Waals surface area contributed by atoms with E-state index in [4.69, 9.17) is 5.73 Å². The highest BCUT2D eigenvalue weighted by Gasteiger charge is 2.03. The maximum atomic E-state index is 6.09. The molecule has 4 N–H and O–H groups in total. The van der Waals surface area contributed by atoms with E-state index < -0.39 is 0 Å². The number of hydrogen-bond acceptors (Lipinski definition) is 3. The summed E-state index contributed by atoms with van der Waals surface area (Å²) < 4.78 is 0. The molecule has 1 atom stereocenters. The summed E-state index contributed by atoms with van der Waals surface area (Å²) in [6, 6.07) is 28.9. The summed E-state index contributed by atoms with van der Waals surface area (Å²) in [5.74, 6) is 0. The Morgan fingerprint density at radius 3 is 1.91 bits per heavy atom. The van der Waals surface area contributed by atoms with Crippen LogP contribution in [0, 0.1) is 0 Å². The van der Waals surface area contributed by atoms with Crippen molar-refractivity contribution < 1.29 is 0 Å². The first kappa shape index (κ1) is 15.4. The summed E-state index contributed by atoms with van der Waals surface area (Å²) in [5, 5.41) is 0. The van der Waals surface area contributed by atoms with Crippen LogP contribution in [0.1, 0.15) is 17.3 Å². The van der Waals surface area contributed by atoms with Gasteiger partial charge in [0.05, 0.1) is 6.17 Å². The predicted octanol–water partition coefficient (Wildman–Crippen LogP) is 3.61. The van der Waals surface area contributed by atoms with Gasteiger partial charge in [-0.05, 0) is 22.3 Å². The monoisotopic (exact) mass is 303 g/mol. The number of nitrogens with two attached hydrogens (primary N) is 1. The van der Waals surface area contributed by atoms with Crippen LogP contribution < -0.4 is 16.6 Å². The van der Waals surface area contributed by atoms with E-state index in [9.17, 15) is 0 Å². The van der Waals surface area contributed by atoms with E-state index in [1.165, 1.54) is 16.7 Å². The zero-order valence-electron chi connectivity index (χ0n) is 12.9. The molecular formula is C20H21N3. The highest BCUT2D eigenvalue weighted by atomic mass is 15.4. The van der Waals surface area contributed by atoms with Gasteiger partial charge >= 0.3 is 0 Å². The van der Waals surface area contributed by atoms with Crippen LogP contribution in [0.25, 0.3) is 11.1 Å². The lowest BCUT2D eigenvalue weighted by Crippen LogP contribution is -2.39. The first-order chi connectivity index (χ1) is 11.3. The van der Waals surface area contributed by atoms with E-state index in [2.05, 4.69) is 59.4 Å². The second kappa shape index (κ2) is 7.70. The summed E-state index contributed by atoms with van der Waals surface area (Å²) in [4.78, 5) is 0. The molecule has 0 radical (unpaired) electrons. The largest absolute Gasteiger partial charge is 0.311 e. The van der Waals surface area contributed by atoms with Gasteiger partial charge in [-0.3, -0.25) is 5.43 Å². The van der Waals surface area contributed by atoms with Crippen molar-refractivity contribution in [3.05, 3.63) is 96.1 Å². The molecule has 1 unspecified atom stereocenters. The van der Waals surface area contributed by atoms with Gasteiger partial charge in [0, 0.05) is 6.54 Å². The van der Waals surface area contributed by atoms with Crippen molar-refractivity contribution in [2.45, 2.75) is 12.7 Å². The highest BCUT2D eigenvalue weighted by molar-refractivity contribution is 5.63. The third-order valence-electron chi connectivity index (χ3n) is 3.77. The molecule has 0 spiro atoms. The fourth-order valence-corrected chi connectivity index (χ4v) is 2.45. The Morgan fingerprint density at radius 2 is 1.26 bits per heavy atom. The Balaban J connectivity index is 1.53. The lowest BCUT2D eigenvalue weighted by molar-refractivity contribution is 0.446.